The summed E-state index contributed by atoms with van der Waals surface area (Å²) < 4.78 is 0. The fourth-order valence-electron chi connectivity index (χ4n) is 2.38. The molecule has 100 valence electrons. The van der Waals surface area contributed by atoms with Crippen molar-refractivity contribution < 1.29 is 4.79 Å². The molecular formula is C12H20N4OS. The second-order valence-corrected chi connectivity index (χ2v) is 5.77. The number of nitrogens with two attached hydrogens (primary N) is 1. The molecule has 1 saturated heterocycles. The van der Waals surface area contributed by atoms with Crippen LogP contribution < -0.4 is 11.1 Å². The van der Waals surface area contributed by atoms with E-state index in [9.17, 15) is 4.79 Å². The Morgan fingerprint density at radius 2 is 2.56 bits per heavy atom. The van der Waals surface area contributed by atoms with Gasteiger partial charge in [0.25, 0.3) is 0 Å². The van der Waals surface area contributed by atoms with E-state index >= 15 is 0 Å². The van der Waals surface area contributed by atoms with Crippen LogP contribution in [0.4, 0.5) is 5.13 Å². The van der Waals surface area contributed by atoms with Crippen molar-refractivity contribution in [1.82, 2.24) is 9.88 Å². The predicted molar refractivity (Wildman–Crippen MR) is 73.6 cm³/mol. The summed E-state index contributed by atoms with van der Waals surface area (Å²) in [4.78, 5) is 18.1. The largest absolute Gasteiger partial charge is 0.329 e. The van der Waals surface area contributed by atoms with Crippen LogP contribution in [0.3, 0.4) is 0 Å². The SMILES string of the molecule is CC1CCN(CC(=O)Nc2nccs2)C(CN)C1. The minimum absolute atomic E-state index is 0.00190. The van der Waals surface area contributed by atoms with Gasteiger partial charge < -0.3 is 11.1 Å². The van der Waals surface area contributed by atoms with E-state index in [0.717, 1.165) is 19.4 Å². The number of nitrogens with one attached hydrogen (secondary N) is 1. The number of aromatic nitrogens is 1. The van der Waals surface area contributed by atoms with Crippen LogP contribution in [-0.4, -0.2) is 41.5 Å². The van der Waals surface area contributed by atoms with Crippen LogP contribution in [0.5, 0.6) is 0 Å². The first-order valence-electron chi connectivity index (χ1n) is 6.32. The Morgan fingerprint density at radius 1 is 1.72 bits per heavy atom. The average Bonchev–Trinajstić information content (AvgIpc) is 2.84. The molecule has 5 nitrogen and oxygen atoms in total. The van der Waals surface area contributed by atoms with E-state index in [1.165, 1.54) is 11.3 Å². The quantitative estimate of drug-likeness (QED) is 0.859. The van der Waals surface area contributed by atoms with Crippen molar-refractivity contribution in [2.45, 2.75) is 25.8 Å². The molecule has 2 rings (SSSR count). The molecule has 1 aromatic heterocycles. The molecule has 2 atom stereocenters. The molecule has 0 saturated carbocycles. The number of rotatable bonds is 4. The summed E-state index contributed by atoms with van der Waals surface area (Å²) in [6, 6.07) is 0.329. The molecule has 0 aliphatic carbocycles. The van der Waals surface area contributed by atoms with Gasteiger partial charge >= 0.3 is 0 Å². The molecule has 1 amide bonds. The van der Waals surface area contributed by atoms with Crippen LogP contribution in [0.15, 0.2) is 11.6 Å². The summed E-state index contributed by atoms with van der Waals surface area (Å²) in [5.41, 5.74) is 5.78. The average molecular weight is 268 g/mol. The summed E-state index contributed by atoms with van der Waals surface area (Å²) in [6.45, 7) is 4.23. The molecule has 0 radical (unpaired) electrons. The molecule has 2 heterocycles. The van der Waals surface area contributed by atoms with Crippen molar-refractivity contribution in [1.29, 1.82) is 0 Å². The number of hydrogen-bond donors (Lipinski definition) is 2. The second-order valence-electron chi connectivity index (χ2n) is 4.87. The van der Waals surface area contributed by atoms with E-state index in [1.54, 1.807) is 6.20 Å². The third kappa shape index (κ3) is 3.51. The molecule has 0 bridgehead atoms. The van der Waals surface area contributed by atoms with Crippen molar-refractivity contribution in [3.63, 3.8) is 0 Å². The molecule has 2 unspecified atom stereocenters. The highest BCUT2D eigenvalue weighted by atomic mass is 32.1. The summed E-state index contributed by atoms with van der Waals surface area (Å²) in [6.07, 6.45) is 3.91. The van der Waals surface area contributed by atoms with Crippen LogP contribution >= 0.6 is 11.3 Å². The fraction of sp³-hybridized carbons (Fsp3) is 0.667. The Balaban J connectivity index is 1.86. The van der Waals surface area contributed by atoms with E-state index in [4.69, 9.17) is 5.73 Å². The highest BCUT2D eigenvalue weighted by molar-refractivity contribution is 7.13. The zero-order valence-corrected chi connectivity index (χ0v) is 11.4. The number of amides is 1. The third-order valence-corrected chi connectivity index (χ3v) is 4.09. The van der Waals surface area contributed by atoms with Gasteiger partial charge in [0.1, 0.15) is 0 Å². The maximum absolute atomic E-state index is 11.9. The minimum atomic E-state index is -0.00190. The normalized spacial score (nSPS) is 25.0. The van der Waals surface area contributed by atoms with E-state index in [1.807, 2.05) is 5.38 Å². The van der Waals surface area contributed by atoms with E-state index in [-0.39, 0.29) is 5.91 Å². The van der Waals surface area contributed by atoms with Crippen molar-refractivity contribution >= 4 is 22.4 Å². The first kappa shape index (κ1) is 13.5. The van der Waals surface area contributed by atoms with Gasteiger partial charge in [-0.15, -0.1) is 11.3 Å². The maximum atomic E-state index is 11.9. The molecule has 1 aliphatic rings. The fourth-order valence-corrected chi connectivity index (χ4v) is 2.93. The van der Waals surface area contributed by atoms with E-state index in [2.05, 4.69) is 22.1 Å². The molecule has 0 spiro atoms. The monoisotopic (exact) mass is 268 g/mol. The smallest absolute Gasteiger partial charge is 0.240 e. The number of likely N-dealkylation sites (tertiary alicyclic amines) is 1. The number of piperidine rings is 1. The molecule has 6 heteroatoms. The third-order valence-electron chi connectivity index (χ3n) is 3.40. The number of hydrogen-bond acceptors (Lipinski definition) is 5. The summed E-state index contributed by atoms with van der Waals surface area (Å²) in [7, 11) is 0. The number of carbonyl (C=O) groups is 1. The topological polar surface area (TPSA) is 71.2 Å². The van der Waals surface area contributed by atoms with Crippen LogP contribution in [0.25, 0.3) is 0 Å². The Labute approximate surface area is 111 Å². The van der Waals surface area contributed by atoms with Gasteiger partial charge in [-0.1, -0.05) is 6.92 Å². The highest BCUT2D eigenvalue weighted by Gasteiger charge is 2.26. The highest BCUT2D eigenvalue weighted by Crippen LogP contribution is 2.21. The zero-order chi connectivity index (χ0) is 13.0. The lowest BCUT2D eigenvalue weighted by atomic mass is 9.92. The number of anilines is 1. The van der Waals surface area contributed by atoms with E-state index < -0.39 is 0 Å². The summed E-state index contributed by atoms with van der Waals surface area (Å²) in [5.74, 6) is 0.703. The molecule has 1 aliphatic heterocycles. The molecule has 0 aromatic carbocycles. The predicted octanol–water partition coefficient (Wildman–Crippen LogP) is 1.14. The lowest BCUT2D eigenvalue weighted by molar-refractivity contribution is -0.118. The molecule has 18 heavy (non-hydrogen) atoms. The Bertz CT molecular complexity index is 381. The lowest BCUT2D eigenvalue weighted by Gasteiger charge is -2.37. The zero-order valence-electron chi connectivity index (χ0n) is 10.6. The van der Waals surface area contributed by atoms with Crippen LogP contribution in [0, 0.1) is 5.92 Å². The lowest BCUT2D eigenvalue weighted by Crippen LogP contribution is -2.49. The van der Waals surface area contributed by atoms with Gasteiger partial charge in [0.15, 0.2) is 5.13 Å². The van der Waals surface area contributed by atoms with E-state index in [0.29, 0.717) is 30.2 Å². The van der Waals surface area contributed by atoms with Gasteiger partial charge in [0, 0.05) is 24.2 Å². The van der Waals surface area contributed by atoms with Gasteiger partial charge in [-0.2, -0.15) is 0 Å². The molecule has 3 N–H and O–H groups in total. The van der Waals surface area contributed by atoms with Crippen LogP contribution in [0.1, 0.15) is 19.8 Å². The maximum Gasteiger partial charge on any atom is 0.240 e. The number of carbonyl (C=O) groups excluding carboxylic acids is 1. The second kappa shape index (κ2) is 6.26. The Hall–Kier alpha value is -0.980. The van der Waals surface area contributed by atoms with Crippen molar-refractivity contribution in [3.8, 4) is 0 Å². The van der Waals surface area contributed by atoms with Gasteiger partial charge in [0.2, 0.25) is 5.91 Å². The van der Waals surface area contributed by atoms with Gasteiger partial charge in [-0.25, -0.2) is 4.98 Å². The standard InChI is InChI=1S/C12H20N4OS/c1-9-2-4-16(10(6-9)7-13)8-11(17)15-12-14-3-5-18-12/h3,5,9-10H,2,4,6-8,13H2,1H3,(H,14,15,17). The van der Waals surface area contributed by atoms with Crippen molar-refractivity contribution in [3.05, 3.63) is 11.6 Å². The van der Waals surface area contributed by atoms with Crippen molar-refractivity contribution in [2.75, 3.05) is 25.0 Å². The minimum Gasteiger partial charge on any atom is -0.329 e. The molecule has 1 aromatic rings. The van der Waals surface area contributed by atoms with Crippen molar-refractivity contribution in [2.24, 2.45) is 11.7 Å². The van der Waals surface area contributed by atoms with Gasteiger partial charge in [0.05, 0.1) is 6.54 Å². The van der Waals surface area contributed by atoms with Gasteiger partial charge in [-0.05, 0) is 25.3 Å². The molecule has 1 fully saturated rings. The first-order valence-corrected chi connectivity index (χ1v) is 7.20. The Morgan fingerprint density at radius 3 is 3.22 bits per heavy atom. The first-order chi connectivity index (χ1) is 8.69. The van der Waals surface area contributed by atoms with Crippen LogP contribution in [-0.2, 0) is 4.79 Å². The number of nitrogens with zero attached hydrogens (tertiary/aromatic N) is 2. The number of thiazole rings is 1. The summed E-state index contributed by atoms with van der Waals surface area (Å²) in [5, 5.41) is 5.32. The van der Waals surface area contributed by atoms with Crippen LogP contribution in [0.2, 0.25) is 0 Å². The Kier molecular flexibility index (Phi) is 4.68. The summed E-state index contributed by atoms with van der Waals surface area (Å²) >= 11 is 1.43. The molecular weight excluding hydrogens is 248 g/mol. The van der Waals surface area contributed by atoms with Gasteiger partial charge in [-0.3, -0.25) is 9.69 Å².